The van der Waals surface area contributed by atoms with Gasteiger partial charge in [0.2, 0.25) is 0 Å². The summed E-state index contributed by atoms with van der Waals surface area (Å²) in [6, 6.07) is 5.39. The van der Waals surface area contributed by atoms with E-state index in [0.717, 1.165) is 5.69 Å². The standard InChI is InChI=1S/C11H19N2O3P/c1-4-15-17(14,16-5-2)11(12)10-8-6-7-9(3)13-10/h6-8,11H,4-5,12H2,1-3H3/t11-/m1/s1. The number of nitrogens with zero attached hydrogens (tertiary/aromatic N) is 1. The summed E-state index contributed by atoms with van der Waals surface area (Å²) < 4.78 is 22.8. The zero-order chi connectivity index (χ0) is 12.9. The van der Waals surface area contributed by atoms with Gasteiger partial charge in [-0.1, -0.05) is 6.07 Å². The molecule has 2 N–H and O–H groups in total. The van der Waals surface area contributed by atoms with Gasteiger partial charge in [-0.15, -0.1) is 0 Å². The Morgan fingerprint density at radius 3 is 2.41 bits per heavy atom. The molecule has 0 radical (unpaired) electrons. The van der Waals surface area contributed by atoms with Crippen LogP contribution in [0.3, 0.4) is 0 Å². The van der Waals surface area contributed by atoms with E-state index in [9.17, 15) is 4.57 Å². The Hall–Kier alpha value is -0.740. The maximum absolute atomic E-state index is 12.4. The third kappa shape index (κ3) is 3.61. The van der Waals surface area contributed by atoms with E-state index in [1.165, 1.54) is 0 Å². The van der Waals surface area contributed by atoms with Gasteiger partial charge >= 0.3 is 7.60 Å². The van der Waals surface area contributed by atoms with E-state index >= 15 is 0 Å². The van der Waals surface area contributed by atoms with E-state index in [1.807, 2.05) is 19.1 Å². The van der Waals surface area contributed by atoms with Crippen molar-refractivity contribution in [2.75, 3.05) is 13.2 Å². The Labute approximate surface area is 102 Å². The van der Waals surface area contributed by atoms with Crippen LogP contribution in [0.4, 0.5) is 0 Å². The fourth-order valence-corrected chi connectivity index (χ4v) is 3.03. The fourth-order valence-electron chi connectivity index (χ4n) is 1.45. The molecule has 0 fully saturated rings. The molecule has 0 aliphatic heterocycles. The maximum Gasteiger partial charge on any atom is 0.353 e. The number of aromatic nitrogens is 1. The molecule has 1 heterocycles. The first kappa shape index (κ1) is 14.3. The summed E-state index contributed by atoms with van der Waals surface area (Å²) in [7, 11) is -3.34. The van der Waals surface area contributed by atoms with Crippen molar-refractivity contribution in [2.45, 2.75) is 26.6 Å². The molecule has 96 valence electrons. The Kier molecular flexibility index (Phi) is 5.28. The quantitative estimate of drug-likeness (QED) is 0.794. The van der Waals surface area contributed by atoms with Gasteiger partial charge in [0.1, 0.15) is 0 Å². The summed E-state index contributed by atoms with van der Waals surface area (Å²) >= 11 is 0. The molecule has 0 spiro atoms. The number of aryl methyl sites for hydroxylation is 1. The van der Waals surface area contributed by atoms with Gasteiger partial charge in [0.25, 0.3) is 0 Å². The largest absolute Gasteiger partial charge is 0.353 e. The van der Waals surface area contributed by atoms with E-state index in [4.69, 9.17) is 14.8 Å². The molecule has 1 aromatic rings. The SMILES string of the molecule is CCOP(=O)(OCC)[C@@H](N)c1cccc(C)n1. The van der Waals surface area contributed by atoms with E-state index in [0.29, 0.717) is 5.69 Å². The number of pyridine rings is 1. The summed E-state index contributed by atoms with van der Waals surface area (Å²) in [5, 5.41) is 0. The van der Waals surface area contributed by atoms with Crippen molar-refractivity contribution in [3.63, 3.8) is 0 Å². The molecule has 1 atom stereocenters. The molecule has 6 heteroatoms. The molecule has 0 amide bonds. The number of hydrogen-bond acceptors (Lipinski definition) is 5. The predicted molar refractivity (Wildman–Crippen MR) is 66.8 cm³/mol. The van der Waals surface area contributed by atoms with Crippen molar-refractivity contribution in [3.05, 3.63) is 29.6 Å². The molecular formula is C11H19N2O3P. The van der Waals surface area contributed by atoms with Crippen molar-refractivity contribution in [1.82, 2.24) is 4.98 Å². The lowest BCUT2D eigenvalue weighted by Gasteiger charge is -2.22. The van der Waals surface area contributed by atoms with Crippen LogP contribution in [0, 0.1) is 6.92 Å². The molecule has 0 aliphatic carbocycles. The van der Waals surface area contributed by atoms with Crippen molar-refractivity contribution >= 4 is 7.60 Å². The first-order valence-electron chi connectivity index (χ1n) is 5.61. The predicted octanol–water partition coefficient (Wildman–Crippen LogP) is 2.61. The summed E-state index contributed by atoms with van der Waals surface area (Å²) in [4.78, 5) is 4.25. The van der Waals surface area contributed by atoms with Crippen LogP contribution in [0.5, 0.6) is 0 Å². The third-order valence-corrected chi connectivity index (χ3v) is 4.35. The van der Waals surface area contributed by atoms with Gasteiger partial charge in [0.15, 0.2) is 5.78 Å². The highest BCUT2D eigenvalue weighted by atomic mass is 31.2. The maximum atomic E-state index is 12.4. The number of rotatable bonds is 6. The van der Waals surface area contributed by atoms with E-state index in [2.05, 4.69) is 4.98 Å². The van der Waals surface area contributed by atoms with Crippen LogP contribution in [-0.2, 0) is 13.6 Å². The van der Waals surface area contributed by atoms with Gasteiger partial charge in [-0.25, -0.2) is 0 Å². The highest BCUT2D eigenvalue weighted by Gasteiger charge is 2.34. The fraction of sp³-hybridized carbons (Fsp3) is 0.545. The lowest BCUT2D eigenvalue weighted by Crippen LogP contribution is -2.16. The van der Waals surface area contributed by atoms with E-state index in [-0.39, 0.29) is 13.2 Å². The van der Waals surface area contributed by atoms with E-state index < -0.39 is 13.4 Å². The Morgan fingerprint density at radius 1 is 1.35 bits per heavy atom. The third-order valence-electron chi connectivity index (χ3n) is 2.17. The summed E-state index contributed by atoms with van der Waals surface area (Å²) in [5.74, 6) is -0.845. The van der Waals surface area contributed by atoms with Gasteiger partial charge in [-0.3, -0.25) is 9.55 Å². The van der Waals surface area contributed by atoms with Crippen LogP contribution >= 0.6 is 7.60 Å². The molecule has 1 rings (SSSR count). The van der Waals surface area contributed by atoms with Gasteiger partial charge in [-0.2, -0.15) is 0 Å². The Bertz CT molecular complexity index is 401. The molecule has 0 aromatic carbocycles. The highest BCUT2D eigenvalue weighted by Crippen LogP contribution is 2.57. The second-order valence-corrected chi connectivity index (χ2v) is 5.68. The molecule has 0 bridgehead atoms. The molecule has 0 saturated heterocycles. The average Bonchev–Trinajstić information content (AvgIpc) is 2.28. The second kappa shape index (κ2) is 6.26. The zero-order valence-corrected chi connectivity index (χ0v) is 11.3. The van der Waals surface area contributed by atoms with Gasteiger partial charge in [0, 0.05) is 5.69 Å². The molecule has 0 unspecified atom stereocenters. The van der Waals surface area contributed by atoms with Crippen LogP contribution in [0.25, 0.3) is 0 Å². The normalized spacial score (nSPS) is 13.6. The van der Waals surface area contributed by atoms with Gasteiger partial charge < -0.3 is 14.8 Å². The second-order valence-electron chi connectivity index (χ2n) is 3.52. The number of hydrogen-bond donors (Lipinski definition) is 1. The summed E-state index contributed by atoms with van der Waals surface area (Å²) in [6.45, 7) is 5.93. The first-order valence-corrected chi connectivity index (χ1v) is 7.22. The smallest absolute Gasteiger partial charge is 0.313 e. The van der Waals surface area contributed by atoms with Crippen molar-refractivity contribution in [1.29, 1.82) is 0 Å². The number of nitrogens with two attached hydrogens (primary N) is 1. The zero-order valence-electron chi connectivity index (χ0n) is 10.4. The molecule has 1 aromatic heterocycles. The lowest BCUT2D eigenvalue weighted by atomic mass is 10.3. The van der Waals surface area contributed by atoms with Crippen LogP contribution in [0.1, 0.15) is 31.0 Å². The average molecular weight is 258 g/mol. The van der Waals surface area contributed by atoms with Crippen LogP contribution in [-0.4, -0.2) is 18.2 Å². The van der Waals surface area contributed by atoms with Crippen LogP contribution in [0.2, 0.25) is 0 Å². The summed E-state index contributed by atoms with van der Waals surface area (Å²) in [5.41, 5.74) is 7.28. The van der Waals surface area contributed by atoms with Gasteiger partial charge in [0.05, 0.1) is 18.9 Å². The minimum absolute atomic E-state index is 0.288. The van der Waals surface area contributed by atoms with Crippen molar-refractivity contribution < 1.29 is 13.6 Å². The summed E-state index contributed by atoms with van der Waals surface area (Å²) in [6.07, 6.45) is 0. The highest BCUT2D eigenvalue weighted by molar-refractivity contribution is 7.54. The molecule has 17 heavy (non-hydrogen) atoms. The van der Waals surface area contributed by atoms with Crippen LogP contribution < -0.4 is 5.73 Å². The van der Waals surface area contributed by atoms with E-state index in [1.54, 1.807) is 19.9 Å². The first-order chi connectivity index (χ1) is 8.03. The molecule has 0 saturated carbocycles. The molecule has 5 nitrogen and oxygen atoms in total. The monoisotopic (exact) mass is 258 g/mol. The molecular weight excluding hydrogens is 239 g/mol. The Morgan fingerprint density at radius 2 is 1.94 bits per heavy atom. The van der Waals surface area contributed by atoms with Gasteiger partial charge in [-0.05, 0) is 32.9 Å². The molecule has 0 aliphatic rings. The van der Waals surface area contributed by atoms with Crippen LogP contribution in [0.15, 0.2) is 18.2 Å². The minimum Gasteiger partial charge on any atom is -0.313 e. The van der Waals surface area contributed by atoms with Crippen molar-refractivity contribution in [3.8, 4) is 0 Å². The topological polar surface area (TPSA) is 74.4 Å². The minimum atomic E-state index is -3.34. The lowest BCUT2D eigenvalue weighted by molar-refractivity contribution is 0.212. The van der Waals surface area contributed by atoms with Crippen molar-refractivity contribution in [2.24, 2.45) is 5.73 Å². The Balaban J connectivity index is 2.99.